The van der Waals surface area contributed by atoms with Gasteiger partial charge in [-0.2, -0.15) is 0 Å². The highest BCUT2D eigenvalue weighted by molar-refractivity contribution is 6.87. The van der Waals surface area contributed by atoms with Crippen molar-refractivity contribution in [2.45, 2.75) is 187 Å². The first kappa shape index (κ1) is 36.0. The maximum Gasteiger partial charge on any atom is 0.192 e. The van der Waals surface area contributed by atoms with E-state index in [1.807, 2.05) is 5.20 Å². The van der Waals surface area contributed by atoms with Crippen LogP contribution in [0.3, 0.4) is 0 Å². The molecule has 0 aliphatic heterocycles. The van der Waals surface area contributed by atoms with Crippen LogP contribution >= 0.6 is 0 Å². The Kier molecular flexibility index (Phi) is 14.5. The molecule has 0 fully saturated rings. The molecule has 234 valence electrons. The van der Waals surface area contributed by atoms with E-state index in [1.54, 1.807) is 0 Å². The van der Waals surface area contributed by atoms with Gasteiger partial charge in [0.15, 0.2) is 8.32 Å². The third kappa shape index (κ3) is 10.8. The molecule has 0 heterocycles. The fourth-order valence-corrected chi connectivity index (χ4v) is 10.5. The topological polar surface area (TPSA) is 18.5 Å². The molecule has 0 aromatic carbocycles. The Morgan fingerprint density at radius 1 is 0.825 bits per heavy atom. The molecule has 0 saturated carbocycles. The lowest BCUT2D eigenvalue weighted by Crippen LogP contribution is -2.44. The van der Waals surface area contributed by atoms with Crippen molar-refractivity contribution in [2.24, 2.45) is 11.8 Å². The molecule has 0 aromatic heterocycles. The number of hydrogen-bond acceptors (Lipinski definition) is 2. The zero-order valence-electron chi connectivity index (χ0n) is 29.0. The maximum absolute atomic E-state index is 6.74. The molecule has 2 aliphatic rings. The molecular weight excluding hydrogens is 521 g/mol. The molecule has 4 unspecified atom stereocenters. The van der Waals surface area contributed by atoms with Crippen molar-refractivity contribution in [1.82, 2.24) is 0 Å². The second kappa shape index (κ2) is 16.1. The average molecular weight is 591 g/mol. The van der Waals surface area contributed by atoms with Gasteiger partial charge in [0.25, 0.3) is 0 Å². The lowest BCUT2D eigenvalue weighted by Gasteiger charge is -2.42. The molecule has 0 N–H and O–H groups in total. The Morgan fingerprint density at radius 3 is 1.98 bits per heavy atom. The second-order valence-electron chi connectivity index (χ2n) is 16.1. The van der Waals surface area contributed by atoms with Crippen molar-refractivity contribution in [3.63, 3.8) is 0 Å². The SMILES string of the molecule is CCC(CCCCC1C=CCC1)OCC(C)(C)[Si](C)(C)C1=CC(CCCCC(CC)O[Si](C)(C)C(C)(C)C)CC1. The predicted octanol–water partition coefficient (Wildman–Crippen LogP) is 12.0. The molecule has 4 heteroatoms. The van der Waals surface area contributed by atoms with Crippen LogP contribution in [0.5, 0.6) is 0 Å². The monoisotopic (exact) mass is 590 g/mol. The Hall–Kier alpha value is -0.166. The van der Waals surface area contributed by atoms with Crippen LogP contribution in [0, 0.1) is 11.8 Å². The van der Waals surface area contributed by atoms with Crippen LogP contribution in [0.15, 0.2) is 23.4 Å². The second-order valence-corrected chi connectivity index (χ2v) is 26.1. The Labute approximate surface area is 253 Å². The third-order valence-electron chi connectivity index (χ3n) is 11.4. The van der Waals surface area contributed by atoms with Gasteiger partial charge in [0.1, 0.15) is 0 Å². The van der Waals surface area contributed by atoms with E-state index in [9.17, 15) is 0 Å². The zero-order valence-corrected chi connectivity index (χ0v) is 31.0. The summed E-state index contributed by atoms with van der Waals surface area (Å²) >= 11 is 0. The number of unbranched alkanes of at least 4 members (excludes halogenated alkanes) is 2. The molecule has 0 bridgehead atoms. The van der Waals surface area contributed by atoms with Crippen molar-refractivity contribution >= 4 is 16.4 Å². The Balaban J connectivity index is 1.77. The first-order chi connectivity index (χ1) is 18.6. The minimum Gasteiger partial charge on any atom is -0.414 e. The largest absolute Gasteiger partial charge is 0.414 e. The molecule has 0 radical (unpaired) electrons. The summed E-state index contributed by atoms with van der Waals surface area (Å²) in [5, 5.41) is 2.38. The van der Waals surface area contributed by atoms with Crippen LogP contribution in [0.4, 0.5) is 0 Å². The molecular formula is C36H70O2Si2. The highest BCUT2D eigenvalue weighted by Crippen LogP contribution is 2.46. The van der Waals surface area contributed by atoms with Gasteiger partial charge >= 0.3 is 0 Å². The van der Waals surface area contributed by atoms with E-state index in [0.717, 1.165) is 31.3 Å². The average Bonchev–Trinajstić information content (AvgIpc) is 3.57. The minimum atomic E-state index is -1.67. The van der Waals surface area contributed by atoms with E-state index >= 15 is 0 Å². The zero-order chi connectivity index (χ0) is 30.0. The molecule has 0 saturated heterocycles. The summed E-state index contributed by atoms with van der Waals surface area (Å²) in [7, 11) is -3.25. The van der Waals surface area contributed by atoms with Gasteiger partial charge < -0.3 is 9.16 Å². The predicted molar refractivity (Wildman–Crippen MR) is 184 cm³/mol. The number of hydrogen-bond donors (Lipinski definition) is 0. The van der Waals surface area contributed by atoms with Gasteiger partial charge in [0, 0.05) is 12.7 Å². The third-order valence-corrected chi connectivity index (χ3v) is 21.5. The number of rotatable bonds is 19. The normalized spacial score (nSPS) is 22.1. The summed E-state index contributed by atoms with van der Waals surface area (Å²) < 4.78 is 13.4. The molecule has 4 atom stereocenters. The van der Waals surface area contributed by atoms with Gasteiger partial charge in [0.05, 0.1) is 14.2 Å². The first-order valence-corrected chi connectivity index (χ1v) is 23.2. The summed E-state index contributed by atoms with van der Waals surface area (Å²) in [5.74, 6) is 1.64. The van der Waals surface area contributed by atoms with Crippen molar-refractivity contribution < 1.29 is 9.16 Å². The fraction of sp³-hybridized carbons (Fsp3) is 0.889. The quantitative estimate of drug-likeness (QED) is 0.0846. The highest BCUT2D eigenvalue weighted by Gasteiger charge is 2.44. The van der Waals surface area contributed by atoms with E-state index < -0.39 is 16.4 Å². The lowest BCUT2D eigenvalue weighted by molar-refractivity contribution is 0.0288. The van der Waals surface area contributed by atoms with E-state index in [2.05, 4.69) is 92.9 Å². The summed E-state index contributed by atoms with van der Waals surface area (Å²) in [6.07, 6.45) is 26.6. The Morgan fingerprint density at radius 2 is 1.43 bits per heavy atom. The summed E-state index contributed by atoms with van der Waals surface area (Å²) in [5.41, 5.74) is 0. The molecule has 2 aliphatic carbocycles. The van der Waals surface area contributed by atoms with E-state index in [-0.39, 0.29) is 5.04 Å². The first-order valence-electron chi connectivity index (χ1n) is 17.3. The smallest absolute Gasteiger partial charge is 0.192 e. The fourth-order valence-electron chi connectivity index (χ4n) is 6.32. The minimum absolute atomic E-state index is 0.269. The van der Waals surface area contributed by atoms with Gasteiger partial charge in [-0.3, -0.25) is 0 Å². The molecule has 0 spiro atoms. The van der Waals surface area contributed by atoms with Gasteiger partial charge in [-0.1, -0.05) is 111 Å². The molecule has 2 rings (SSSR count). The van der Waals surface area contributed by atoms with E-state index in [0.29, 0.717) is 17.2 Å². The highest BCUT2D eigenvalue weighted by atomic mass is 28.4. The molecule has 0 aromatic rings. The van der Waals surface area contributed by atoms with Crippen LogP contribution in [-0.2, 0) is 9.16 Å². The standard InChI is InChI=1S/C36H70O2Si2/c1-12-32(24-18-16-22-30-20-14-15-21-30)37-29-36(6,7)39(8,9)34-27-26-31(28-34)23-17-19-25-33(13-2)38-40(10,11)35(3,4)5/h14,20,28,30-33H,12-13,15-19,21-27,29H2,1-11H3. The summed E-state index contributed by atoms with van der Waals surface area (Å²) in [4.78, 5) is 0. The van der Waals surface area contributed by atoms with Gasteiger partial charge in [-0.05, 0) is 99.2 Å². The van der Waals surface area contributed by atoms with Crippen LogP contribution in [0.2, 0.25) is 36.3 Å². The van der Waals surface area contributed by atoms with Crippen LogP contribution < -0.4 is 0 Å². The Bertz CT molecular complexity index is 789. The lowest BCUT2D eigenvalue weighted by atomic mass is 9.99. The summed E-state index contributed by atoms with van der Waals surface area (Å²) in [6.45, 7) is 27.6. The van der Waals surface area contributed by atoms with Gasteiger partial charge in [-0.15, -0.1) is 0 Å². The van der Waals surface area contributed by atoms with Gasteiger partial charge in [0.2, 0.25) is 0 Å². The van der Waals surface area contributed by atoms with Crippen molar-refractivity contribution in [3.8, 4) is 0 Å². The maximum atomic E-state index is 6.74. The van der Waals surface area contributed by atoms with E-state index in [4.69, 9.17) is 9.16 Å². The molecule has 2 nitrogen and oxygen atoms in total. The van der Waals surface area contributed by atoms with Gasteiger partial charge in [-0.25, -0.2) is 0 Å². The van der Waals surface area contributed by atoms with Crippen molar-refractivity contribution in [3.05, 3.63) is 23.4 Å². The molecule has 40 heavy (non-hydrogen) atoms. The van der Waals surface area contributed by atoms with Crippen LogP contribution in [-0.4, -0.2) is 35.2 Å². The van der Waals surface area contributed by atoms with Crippen molar-refractivity contribution in [2.75, 3.05) is 6.61 Å². The number of allylic oxidation sites excluding steroid dienone is 4. The van der Waals surface area contributed by atoms with Crippen molar-refractivity contribution in [1.29, 1.82) is 0 Å². The van der Waals surface area contributed by atoms with E-state index in [1.165, 1.54) is 77.0 Å². The van der Waals surface area contributed by atoms with Crippen LogP contribution in [0.25, 0.3) is 0 Å². The number of ether oxygens (including phenoxy) is 1. The van der Waals surface area contributed by atoms with Crippen LogP contribution in [0.1, 0.15) is 138 Å². The molecule has 0 amide bonds. The summed E-state index contributed by atoms with van der Waals surface area (Å²) in [6, 6.07) is 0.